The second-order valence-corrected chi connectivity index (χ2v) is 4.07. The maximum absolute atomic E-state index is 5.57. The van der Waals surface area contributed by atoms with Crippen molar-refractivity contribution >= 4 is 17.6 Å². The number of aromatic nitrogens is 1. The summed E-state index contributed by atoms with van der Waals surface area (Å²) in [5.74, 6) is 2.81. The minimum Gasteiger partial charge on any atom is -0.384 e. The highest BCUT2D eigenvalue weighted by Crippen LogP contribution is 2.12. The van der Waals surface area contributed by atoms with Gasteiger partial charge in [0, 0.05) is 5.75 Å². The summed E-state index contributed by atoms with van der Waals surface area (Å²) in [4.78, 5) is 4.23. The summed E-state index contributed by atoms with van der Waals surface area (Å²) < 4.78 is 0. The zero-order chi connectivity index (χ0) is 9.52. The average Bonchev–Trinajstić information content (AvgIpc) is 2.13. The van der Waals surface area contributed by atoms with Gasteiger partial charge in [0.05, 0.1) is 5.69 Å². The number of hydrogen-bond acceptors (Lipinski definition) is 3. The third-order valence-corrected chi connectivity index (χ3v) is 2.80. The minimum atomic E-state index is 0.619. The second-order valence-electron chi connectivity index (χ2n) is 2.96. The Kier molecular flexibility index (Phi) is 4.68. The smallest absolute Gasteiger partial charge is 0.123 e. The van der Waals surface area contributed by atoms with Gasteiger partial charge in [0.15, 0.2) is 0 Å². The van der Waals surface area contributed by atoms with Crippen LogP contribution < -0.4 is 5.73 Å². The van der Waals surface area contributed by atoms with Gasteiger partial charge >= 0.3 is 0 Å². The van der Waals surface area contributed by atoms with E-state index in [0.29, 0.717) is 5.82 Å². The molecule has 0 bridgehead atoms. The molecule has 0 saturated heterocycles. The van der Waals surface area contributed by atoms with E-state index in [-0.39, 0.29) is 0 Å². The van der Waals surface area contributed by atoms with Gasteiger partial charge in [-0.05, 0) is 24.3 Å². The van der Waals surface area contributed by atoms with Crippen molar-refractivity contribution in [3.8, 4) is 0 Å². The first-order valence-electron chi connectivity index (χ1n) is 4.62. The zero-order valence-electron chi connectivity index (χ0n) is 7.99. The maximum atomic E-state index is 5.57. The van der Waals surface area contributed by atoms with E-state index in [4.69, 9.17) is 5.73 Å². The Bertz CT molecular complexity index is 250. The highest BCUT2D eigenvalue weighted by Gasteiger charge is 1.94. The Balaban J connectivity index is 2.28. The van der Waals surface area contributed by atoms with Gasteiger partial charge in [-0.25, -0.2) is 4.98 Å². The Morgan fingerprint density at radius 1 is 1.46 bits per heavy atom. The Labute approximate surface area is 83.9 Å². The van der Waals surface area contributed by atoms with Gasteiger partial charge in [-0.1, -0.05) is 19.4 Å². The van der Waals surface area contributed by atoms with E-state index in [1.54, 1.807) is 0 Å². The summed E-state index contributed by atoms with van der Waals surface area (Å²) in [6.07, 6.45) is 2.55. The van der Waals surface area contributed by atoms with Gasteiger partial charge in [-0.2, -0.15) is 11.8 Å². The second kappa shape index (κ2) is 5.86. The number of hydrogen-bond donors (Lipinski definition) is 1. The molecule has 13 heavy (non-hydrogen) atoms. The van der Waals surface area contributed by atoms with Crippen LogP contribution in [0.2, 0.25) is 0 Å². The SMILES string of the molecule is CCCCSCc1cccc(N)n1. The summed E-state index contributed by atoms with van der Waals surface area (Å²) in [7, 11) is 0. The van der Waals surface area contributed by atoms with E-state index >= 15 is 0 Å². The molecule has 0 aliphatic rings. The van der Waals surface area contributed by atoms with Crippen molar-refractivity contribution in [1.29, 1.82) is 0 Å². The molecule has 2 N–H and O–H groups in total. The highest BCUT2D eigenvalue weighted by molar-refractivity contribution is 7.98. The van der Waals surface area contributed by atoms with E-state index in [9.17, 15) is 0 Å². The van der Waals surface area contributed by atoms with Crippen LogP contribution in [-0.2, 0) is 5.75 Å². The van der Waals surface area contributed by atoms with Crippen molar-refractivity contribution in [3.63, 3.8) is 0 Å². The number of thioether (sulfide) groups is 1. The van der Waals surface area contributed by atoms with Gasteiger partial charge in [-0.15, -0.1) is 0 Å². The first-order chi connectivity index (χ1) is 6.33. The molecule has 0 fully saturated rings. The van der Waals surface area contributed by atoms with E-state index in [0.717, 1.165) is 11.4 Å². The molecule has 0 aliphatic heterocycles. The Hall–Kier alpha value is -0.700. The van der Waals surface area contributed by atoms with Crippen LogP contribution in [0.5, 0.6) is 0 Å². The zero-order valence-corrected chi connectivity index (χ0v) is 8.81. The molecule has 72 valence electrons. The largest absolute Gasteiger partial charge is 0.384 e. The van der Waals surface area contributed by atoms with Crippen molar-refractivity contribution in [2.45, 2.75) is 25.5 Å². The lowest BCUT2D eigenvalue weighted by atomic mass is 10.4. The fraction of sp³-hybridized carbons (Fsp3) is 0.500. The summed E-state index contributed by atoms with van der Waals surface area (Å²) >= 11 is 1.92. The lowest BCUT2D eigenvalue weighted by Crippen LogP contribution is -1.93. The van der Waals surface area contributed by atoms with Crippen molar-refractivity contribution < 1.29 is 0 Å². The topological polar surface area (TPSA) is 38.9 Å². The van der Waals surface area contributed by atoms with Gasteiger partial charge in [0.1, 0.15) is 5.82 Å². The van der Waals surface area contributed by atoms with Crippen LogP contribution in [0.25, 0.3) is 0 Å². The van der Waals surface area contributed by atoms with E-state index < -0.39 is 0 Å². The third kappa shape index (κ3) is 4.18. The third-order valence-electron chi connectivity index (χ3n) is 1.72. The van der Waals surface area contributed by atoms with Gasteiger partial charge < -0.3 is 5.73 Å². The molecule has 0 radical (unpaired) electrons. The molecule has 2 nitrogen and oxygen atoms in total. The van der Waals surface area contributed by atoms with Crippen LogP contribution in [0.3, 0.4) is 0 Å². The molecule has 0 aliphatic carbocycles. The molecule has 0 atom stereocenters. The quantitative estimate of drug-likeness (QED) is 0.736. The summed E-state index contributed by atoms with van der Waals surface area (Å²) in [5.41, 5.74) is 6.65. The molecule has 0 spiro atoms. The summed E-state index contributed by atoms with van der Waals surface area (Å²) in [6.45, 7) is 2.21. The number of nitrogen functional groups attached to an aromatic ring is 1. The van der Waals surface area contributed by atoms with E-state index in [1.807, 2.05) is 30.0 Å². The van der Waals surface area contributed by atoms with E-state index in [2.05, 4.69) is 11.9 Å². The van der Waals surface area contributed by atoms with Crippen LogP contribution >= 0.6 is 11.8 Å². The lowest BCUT2D eigenvalue weighted by molar-refractivity contribution is 0.895. The molecule has 0 unspecified atom stereocenters. The molecule has 3 heteroatoms. The normalized spacial score (nSPS) is 10.2. The molecule has 0 aromatic carbocycles. The molecular weight excluding hydrogens is 180 g/mol. The lowest BCUT2D eigenvalue weighted by Gasteiger charge is -2.00. The molecule has 1 rings (SSSR count). The fourth-order valence-electron chi connectivity index (χ4n) is 1.00. The number of unbranched alkanes of at least 4 members (excludes halogenated alkanes) is 1. The van der Waals surface area contributed by atoms with Crippen LogP contribution in [-0.4, -0.2) is 10.7 Å². The molecule has 1 aromatic heterocycles. The minimum absolute atomic E-state index is 0.619. The van der Waals surface area contributed by atoms with Crippen molar-refractivity contribution in [2.75, 3.05) is 11.5 Å². The van der Waals surface area contributed by atoms with Crippen molar-refractivity contribution in [2.24, 2.45) is 0 Å². The predicted molar refractivity (Wildman–Crippen MR) is 59.7 cm³/mol. The maximum Gasteiger partial charge on any atom is 0.123 e. The number of anilines is 1. The number of pyridine rings is 1. The predicted octanol–water partition coefficient (Wildman–Crippen LogP) is 2.70. The number of nitrogens with zero attached hydrogens (tertiary/aromatic N) is 1. The van der Waals surface area contributed by atoms with Gasteiger partial charge in [-0.3, -0.25) is 0 Å². The van der Waals surface area contributed by atoms with Crippen LogP contribution in [0.1, 0.15) is 25.5 Å². The molecule has 1 heterocycles. The first-order valence-corrected chi connectivity index (χ1v) is 5.77. The summed E-state index contributed by atoms with van der Waals surface area (Å²) in [6, 6.07) is 5.80. The first kappa shape index (κ1) is 10.4. The average molecular weight is 196 g/mol. The van der Waals surface area contributed by atoms with Crippen LogP contribution in [0.4, 0.5) is 5.82 Å². The Morgan fingerprint density at radius 2 is 2.31 bits per heavy atom. The summed E-state index contributed by atoms with van der Waals surface area (Å²) in [5, 5.41) is 0. The molecule has 0 saturated carbocycles. The molecule has 0 amide bonds. The van der Waals surface area contributed by atoms with Crippen LogP contribution in [0, 0.1) is 0 Å². The van der Waals surface area contributed by atoms with E-state index in [1.165, 1.54) is 18.6 Å². The highest BCUT2D eigenvalue weighted by atomic mass is 32.2. The standard InChI is InChI=1S/C10H16N2S/c1-2-3-7-13-8-9-5-4-6-10(11)12-9/h4-6H,2-3,7-8H2,1H3,(H2,11,12). The molecular formula is C10H16N2S. The van der Waals surface area contributed by atoms with Crippen molar-refractivity contribution in [3.05, 3.63) is 23.9 Å². The monoisotopic (exact) mass is 196 g/mol. The number of nitrogens with two attached hydrogens (primary N) is 1. The number of rotatable bonds is 5. The van der Waals surface area contributed by atoms with Crippen molar-refractivity contribution in [1.82, 2.24) is 4.98 Å². The van der Waals surface area contributed by atoms with Gasteiger partial charge in [0.25, 0.3) is 0 Å². The van der Waals surface area contributed by atoms with Crippen LogP contribution in [0.15, 0.2) is 18.2 Å². The molecule has 1 aromatic rings. The van der Waals surface area contributed by atoms with Gasteiger partial charge in [0.2, 0.25) is 0 Å². The Morgan fingerprint density at radius 3 is 3.00 bits per heavy atom. The fourth-order valence-corrected chi connectivity index (χ4v) is 2.01.